The third kappa shape index (κ3) is 5.31. The zero-order chi connectivity index (χ0) is 21.7. The monoisotopic (exact) mass is 425 g/mol. The number of carbonyl (C=O) groups is 1. The van der Waals surface area contributed by atoms with Gasteiger partial charge in [-0.05, 0) is 30.6 Å². The van der Waals surface area contributed by atoms with Gasteiger partial charge in [0.05, 0.1) is 11.4 Å². The van der Waals surface area contributed by atoms with Gasteiger partial charge >= 0.3 is 5.97 Å². The van der Waals surface area contributed by atoms with Gasteiger partial charge in [-0.2, -0.15) is 5.26 Å². The second-order valence-corrected chi connectivity index (χ2v) is 9.18. The molecule has 0 bridgehead atoms. The van der Waals surface area contributed by atoms with Crippen molar-refractivity contribution in [3.63, 3.8) is 0 Å². The van der Waals surface area contributed by atoms with Crippen molar-refractivity contribution in [3.05, 3.63) is 46.2 Å². The molecule has 1 saturated carbocycles. The van der Waals surface area contributed by atoms with Crippen LogP contribution in [0.5, 0.6) is 0 Å². The average Bonchev–Trinajstić information content (AvgIpc) is 2.72. The number of hydrogen-bond acceptors (Lipinski definition) is 6. The van der Waals surface area contributed by atoms with E-state index in [1.807, 2.05) is 24.3 Å². The lowest BCUT2D eigenvalue weighted by atomic mass is 9.75. The number of benzene rings is 1. The van der Waals surface area contributed by atoms with Gasteiger partial charge in [-0.3, -0.25) is 9.59 Å². The van der Waals surface area contributed by atoms with Crippen LogP contribution in [0.3, 0.4) is 0 Å². The molecule has 1 aliphatic rings. The van der Waals surface area contributed by atoms with Gasteiger partial charge in [0.15, 0.2) is 5.16 Å². The van der Waals surface area contributed by atoms with Gasteiger partial charge in [-0.25, -0.2) is 4.98 Å². The second kappa shape index (κ2) is 9.94. The number of ether oxygens (including phenoxy) is 1. The normalized spacial score (nSPS) is 21.2. The summed E-state index contributed by atoms with van der Waals surface area (Å²) in [6.07, 6.45) is 3.08. The van der Waals surface area contributed by atoms with E-state index in [0.717, 1.165) is 24.6 Å². The highest BCUT2D eigenvalue weighted by atomic mass is 32.2. The molecule has 0 saturated heterocycles. The third-order valence-electron chi connectivity index (χ3n) is 5.63. The molecule has 0 spiro atoms. The maximum absolute atomic E-state index is 12.5. The van der Waals surface area contributed by atoms with Crippen LogP contribution in [0, 0.1) is 29.1 Å². The number of rotatable bonds is 6. The van der Waals surface area contributed by atoms with Crippen molar-refractivity contribution < 1.29 is 9.53 Å². The van der Waals surface area contributed by atoms with Gasteiger partial charge in [0.2, 0.25) is 0 Å². The van der Waals surface area contributed by atoms with Crippen molar-refractivity contribution in [1.82, 2.24) is 9.97 Å². The van der Waals surface area contributed by atoms with E-state index >= 15 is 0 Å². The molecule has 0 amide bonds. The molecule has 0 radical (unpaired) electrons. The molecule has 1 N–H and O–H groups in total. The lowest BCUT2D eigenvalue weighted by Gasteiger charge is -2.36. The zero-order valence-electron chi connectivity index (χ0n) is 17.6. The summed E-state index contributed by atoms with van der Waals surface area (Å²) < 4.78 is 5.82. The van der Waals surface area contributed by atoms with E-state index in [4.69, 9.17) is 4.74 Å². The zero-order valence-corrected chi connectivity index (χ0v) is 18.4. The molecule has 1 heterocycles. The summed E-state index contributed by atoms with van der Waals surface area (Å²) in [5.74, 6) is 1.15. The Balaban J connectivity index is 1.71. The van der Waals surface area contributed by atoms with Crippen LogP contribution in [0.25, 0.3) is 11.3 Å². The van der Waals surface area contributed by atoms with Crippen LogP contribution in [0.4, 0.5) is 0 Å². The van der Waals surface area contributed by atoms with Crippen LogP contribution in [0.1, 0.15) is 45.6 Å². The molecular weight excluding hydrogens is 398 g/mol. The predicted octanol–water partition coefficient (Wildman–Crippen LogP) is 4.40. The van der Waals surface area contributed by atoms with Crippen LogP contribution in [-0.2, 0) is 9.53 Å². The first kappa shape index (κ1) is 22.1. The van der Waals surface area contributed by atoms with Gasteiger partial charge < -0.3 is 9.72 Å². The largest absolute Gasteiger partial charge is 0.461 e. The third-order valence-corrected chi connectivity index (χ3v) is 6.47. The Kier molecular flexibility index (Phi) is 7.33. The van der Waals surface area contributed by atoms with Gasteiger partial charge in [0.1, 0.15) is 17.7 Å². The summed E-state index contributed by atoms with van der Waals surface area (Å²) in [5, 5.41) is 9.65. The van der Waals surface area contributed by atoms with Gasteiger partial charge in [0, 0.05) is 5.56 Å². The second-order valence-electron chi connectivity index (χ2n) is 8.22. The van der Waals surface area contributed by atoms with E-state index in [1.165, 1.54) is 6.42 Å². The summed E-state index contributed by atoms with van der Waals surface area (Å²) in [6, 6.07) is 11.0. The van der Waals surface area contributed by atoms with E-state index in [9.17, 15) is 14.9 Å². The number of aromatic nitrogens is 2. The molecule has 1 aliphatic carbocycles. The lowest BCUT2D eigenvalue weighted by molar-refractivity contribution is -0.152. The fraction of sp³-hybridized carbons (Fsp3) is 0.478. The van der Waals surface area contributed by atoms with Gasteiger partial charge in [0.25, 0.3) is 5.56 Å². The Labute approximate surface area is 181 Å². The lowest BCUT2D eigenvalue weighted by Crippen LogP contribution is -2.36. The van der Waals surface area contributed by atoms with Gasteiger partial charge in [-0.1, -0.05) is 69.3 Å². The number of nitrogens with zero attached hydrogens (tertiary/aromatic N) is 2. The van der Waals surface area contributed by atoms with Crippen molar-refractivity contribution in [3.8, 4) is 17.3 Å². The highest BCUT2D eigenvalue weighted by molar-refractivity contribution is 7.99. The Morgan fingerprint density at radius 2 is 2.07 bits per heavy atom. The maximum Gasteiger partial charge on any atom is 0.316 e. The van der Waals surface area contributed by atoms with Crippen molar-refractivity contribution in [2.75, 3.05) is 5.75 Å². The van der Waals surface area contributed by atoms with Crippen molar-refractivity contribution in [2.45, 2.75) is 51.3 Å². The summed E-state index contributed by atoms with van der Waals surface area (Å²) in [5.41, 5.74) is 0.450. The molecule has 158 valence electrons. The van der Waals surface area contributed by atoms with E-state index in [-0.39, 0.29) is 23.4 Å². The fourth-order valence-electron chi connectivity index (χ4n) is 4.01. The summed E-state index contributed by atoms with van der Waals surface area (Å²) in [7, 11) is 0. The average molecular weight is 426 g/mol. The molecule has 0 aliphatic heterocycles. The predicted molar refractivity (Wildman–Crippen MR) is 117 cm³/mol. The first-order valence-corrected chi connectivity index (χ1v) is 11.3. The molecule has 3 rings (SSSR count). The molecule has 1 aromatic heterocycles. The molecule has 7 heteroatoms. The van der Waals surface area contributed by atoms with Crippen LogP contribution in [0.2, 0.25) is 0 Å². The van der Waals surface area contributed by atoms with Crippen molar-refractivity contribution in [2.24, 2.45) is 17.8 Å². The number of hydrogen-bond donors (Lipinski definition) is 1. The summed E-state index contributed by atoms with van der Waals surface area (Å²) in [4.78, 5) is 31.9. The number of esters is 1. The fourth-order valence-corrected chi connectivity index (χ4v) is 4.65. The molecule has 0 unspecified atom stereocenters. The number of H-pyrrole nitrogens is 1. The smallest absolute Gasteiger partial charge is 0.316 e. The van der Waals surface area contributed by atoms with Crippen molar-refractivity contribution in [1.29, 1.82) is 5.26 Å². The Morgan fingerprint density at radius 3 is 2.73 bits per heavy atom. The van der Waals surface area contributed by atoms with Crippen LogP contribution in [0.15, 0.2) is 40.3 Å². The van der Waals surface area contributed by atoms with E-state index in [0.29, 0.717) is 34.2 Å². The van der Waals surface area contributed by atoms with Crippen molar-refractivity contribution >= 4 is 17.7 Å². The number of nitrogens with one attached hydrogen (secondary N) is 1. The summed E-state index contributed by atoms with van der Waals surface area (Å²) in [6.45, 7) is 6.54. The van der Waals surface area contributed by atoms with E-state index < -0.39 is 5.56 Å². The van der Waals surface area contributed by atoms with Crippen LogP contribution in [-0.4, -0.2) is 27.8 Å². The number of thioether (sulfide) groups is 1. The Hall–Kier alpha value is -2.59. The minimum absolute atomic E-state index is 0.0379. The quantitative estimate of drug-likeness (QED) is 0.418. The highest BCUT2D eigenvalue weighted by Gasteiger charge is 2.33. The Bertz CT molecular complexity index is 981. The topological polar surface area (TPSA) is 95.8 Å². The molecular formula is C23H27N3O3S. The Morgan fingerprint density at radius 1 is 1.33 bits per heavy atom. The molecule has 2 aromatic rings. The number of nitriles is 1. The SMILES string of the molecule is CC(C)[C@H]1CC[C@H](C)C[C@H]1OC(=O)CSc1nc(-c2ccccc2)c(C#N)c(=O)[nH]1. The van der Waals surface area contributed by atoms with E-state index in [2.05, 4.69) is 30.7 Å². The standard InChI is InChI=1S/C23H27N3O3S/c1-14(2)17-10-9-15(3)11-19(17)29-20(27)13-30-23-25-21(16-7-5-4-6-8-16)18(12-24)22(28)26-23/h4-8,14-15,17,19H,9-11,13H2,1-3H3,(H,25,26,28)/t15-,17+,19+/m0/s1. The maximum atomic E-state index is 12.5. The molecule has 1 aromatic carbocycles. The highest BCUT2D eigenvalue weighted by Crippen LogP contribution is 2.35. The van der Waals surface area contributed by atoms with Gasteiger partial charge in [-0.15, -0.1) is 0 Å². The minimum Gasteiger partial charge on any atom is -0.461 e. The molecule has 3 atom stereocenters. The number of aromatic amines is 1. The van der Waals surface area contributed by atoms with Crippen LogP contribution < -0.4 is 5.56 Å². The minimum atomic E-state index is -0.511. The molecule has 6 nitrogen and oxygen atoms in total. The van der Waals surface area contributed by atoms with Crippen LogP contribution >= 0.6 is 11.8 Å². The first-order chi connectivity index (χ1) is 14.4. The molecule has 1 fully saturated rings. The van der Waals surface area contributed by atoms with E-state index in [1.54, 1.807) is 12.1 Å². The molecule has 30 heavy (non-hydrogen) atoms. The number of carbonyl (C=O) groups excluding carboxylic acids is 1. The summed E-state index contributed by atoms with van der Waals surface area (Å²) >= 11 is 1.12. The first-order valence-electron chi connectivity index (χ1n) is 10.3.